The highest BCUT2D eigenvalue weighted by Gasteiger charge is 2.15. The third-order valence-corrected chi connectivity index (χ3v) is 3.66. The molecular weight excluding hydrogens is 294 g/mol. The fourth-order valence-corrected chi connectivity index (χ4v) is 2.25. The summed E-state index contributed by atoms with van der Waals surface area (Å²) in [6.07, 6.45) is 0.865. The van der Waals surface area contributed by atoms with Gasteiger partial charge in [0.25, 0.3) is 0 Å². The Hall–Kier alpha value is -1.34. The van der Waals surface area contributed by atoms with E-state index in [9.17, 15) is 18.5 Å². The van der Waals surface area contributed by atoms with Gasteiger partial charge in [-0.3, -0.25) is 10.1 Å². The molecule has 0 amide bonds. The average molecular weight is 308 g/mol. The predicted molar refractivity (Wildman–Crippen MR) is 72.2 cm³/mol. The molecule has 106 valence electrons. The lowest BCUT2D eigenvalue weighted by atomic mass is 10.1. The minimum Gasteiger partial charge on any atom is -0.487 e. The first-order valence-electron chi connectivity index (χ1n) is 5.66. The minimum atomic E-state index is -3.56. The topological polar surface area (TPSA) is 86.5 Å². The number of hydrogen-bond acceptors (Lipinski definition) is 5. The highest BCUT2D eigenvalue weighted by atomic mass is 35.7. The Morgan fingerprint density at radius 3 is 2.63 bits per heavy atom. The van der Waals surface area contributed by atoms with Crippen molar-refractivity contribution in [1.82, 2.24) is 0 Å². The lowest BCUT2D eigenvalue weighted by Crippen LogP contribution is -2.06. The fraction of sp³-hybridized carbons (Fsp3) is 0.455. The number of nitro groups is 1. The molecule has 0 N–H and O–H groups in total. The van der Waals surface area contributed by atoms with Crippen LogP contribution < -0.4 is 4.74 Å². The van der Waals surface area contributed by atoms with E-state index >= 15 is 0 Å². The van der Waals surface area contributed by atoms with Crippen molar-refractivity contribution < 1.29 is 18.1 Å². The molecule has 0 bridgehead atoms. The van der Waals surface area contributed by atoms with Gasteiger partial charge in [-0.2, -0.15) is 0 Å². The van der Waals surface area contributed by atoms with Crippen LogP contribution in [0.2, 0.25) is 0 Å². The molecule has 0 saturated heterocycles. The summed E-state index contributed by atoms with van der Waals surface area (Å²) in [6.45, 7) is 1.95. The van der Waals surface area contributed by atoms with Gasteiger partial charge in [0.05, 0.1) is 17.3 Å². The summed E-state index contributed by atoms with van der Waals surface area (Å²) >= 11 is 0. The van der Waals surface area contributed by atoms with Crippen LogP contribution in [0.15, 0.2) is 18.2 Å². The van der Waals surface area contributed by atoms with Crippen LogP contribution in [0.1, 0.15) is 18.9 Å². The second-order valence-electron chi connectivity index (χ2n) is 3.86. The third-order valence-electron chi connectivity index (χ3n) is 2.42. The Balaban J connectivity index is 2.70. The molecule has 0 fully saturated rings. The van der Waals surface area contributed by atoms with Crippen LogP contribution in [0.5, 0.6) is 5.75 Å². The molecule has 8 heteroatoms. The standard InChI is InChI=1S/C11H14ClNO5S/c1-2-9-4-5-11(10(8-9)13(14)15)18-6-3-7-19(12,16)17/h4-5,8H,2-3,6-7H2,1H3. The van der Waals surface area contributed by atoms with Crippen molar-refractivity contribution in [3.63, 3.8) is 0 Å². The summed E-state index contributed by atoms with van der Waals surface area (Å²) in [5.41, 5.74) is 0.718. The lowest BCUT2D eigenvalue weighted by Gasteiger charge is -2.07. The lowest BCUT2D eigenvalue weighted by molar-refractivity contribution is -0.385. The summed E-state index contributed by atoms with van der Waals surface area (Å²) in [7, 11) is 1.49. The predicted octanol–water partition coefficient (Wildman–Crippen LogP) is 2.49. The van der Waals surface area contributed by atoms with Crippen molar-refractivity contribution in [1.29, 1.82) is 0 Å². The Bertz CT molecular complexity index is 558. The van der Waals surface area contributed by atoms with E-state index in [1.807, 2.05) is 6.92 Å². The summed E-state index contributed by atoms with van der Waals surface area (Å²) in [6, 6.07) is 4.71. The zero-order valence-corrected chi connectivity index (χ0v) is 11.9. The Morgan fingerprint density at radius 1 is 1.42 bits per heavy atom. The second kappa shape index (κ2) is 6.72. The van der Waals surface area contributed by atoms with Gasteiger partial charge in [-0.25, -0.2) is 8.42 Å². The molecule has 0 aliphatic rings. The van der Waals surface area contributed by atoms with Gasteiger partial charge < -0.3 is 4.74 Å². The molecule has 0 aliphatic heterocycles. The van der Waals surface area contributed by atoms with E-state index in [2.05, 4.69) is 0 Å². The maximum absolute atomic E-state index is 10.9. The van der Waals surface area contributed by atoms with Crippen LogP contribution >= 0.6 is 10.7 Å². The molecule has 0 atom stereocenters. The van der Waals surface area contributed by atoms with E-state index in [4.69, 9.17) is 15.4 Å². The number of ether oxygens (including phenoxy) is 1. The number of hydrogen-bond donors (Lipinski definition) is 0. The highest BCUT2D eigenvalue weighted by Crippen LogP contribution is 2.28. The van der Waals surface area contributed by atoms with Gasteiger partial charge in [0.15, 0.2) is 5.75 Å². The van der Waals surface area contributed by atoms with Gasteiger partial charge in [-0.1, -0.05) is 13.0 Å². The molecule has 0 aliphatic carbocycles. The Labute approximate surface area is 115 Å². The summed E-state index contributed by atoms with van der Waals surface area (Å²) in [4.78, 5) is 10.4. The first-order chi connectivity index (χ1) is 8.83. The normalized spacial score (nSPS) is 11.3. The van der Waals surface area contributed by atoms with Gasteiger partial charge in [0.2, 0.25) is 9.05 Å². The molecule has 19 heavy (non-hydrogen) atoms. The SMILES string of the molecule is CCc1ccc(OCCCS(=O)(=O)Cl)c([N+](=O)[O-])c1. The van der Waals surface area contributed by atoms with Crippen molar-refractivity contribution in [2.45, 2.75) is 19.8 Å². The van der Waals surface area contributed by atoms with Crippen molar-refractivity contribution in [3.8, 4) is 5.75 Å². The number of halogens is 1. The molecule has 0 aromatic heterocycles. The van der Waals surface area contributed by atoms with Crippen LogP contribution in [0.4, 0.5) is 5.69 Å². The number of nitrogens with zero attached hydrogens (tertiary/aromatic N) is 1. The van der Waals surface area contributed by atoms with Crippen LogP contribution in [-0.2, 0) is 15.5 Å². The molecule has 0 saturated carbocycles. The van der Waals surface area contributed by atoms with E-state index < -0.39 is 14.0 Å². The highest BCUT2D eigenvalue weighted by molar-refractivity contribution is 8.13. The third kappa shape index (κ3) is 5.44. The van der Waals surface area contributed by atoms with E-state index in [1.165, 1.54) is 12.1 Å². The van der Waals surface area contributed by atoms with Gasteiger partial charge in [-0.05, 0) is 24.5 Å². The van der Waals surface area contributed by atoms with E-state index in [-0.39, 0.29) is 30.2 Å². The second-order valence-corrected chi connectivity index (χ2v) is 6.75. The number of nitro benzene ring substituents is 1. The van der Waals surface area contributed by atoms with Crippen molar-refractivity contribution in [2.75, 3.05) is 12.4 Å². The molecule has 1 aromatic carbocycles. The molecule has 0 heterocycles. The summed E-state index contributed by atoms with van der Waals surface area (Å²) in [5, 5.41) is 10.9. The first kappa shape index (κ1) is 15.7. The molecule has 0 spiro atoms. The molecule has 1 rings (SSSR count). The number of rotatable bonds is 7. The smallest absolute Gasteiger partial charge is 0.311 e. The zero-order chi connectivity index (χ0) is 14.5. The van der Waals surface area contributed by atoms with Crippen molar-refractivity contribution >= 4 is 25.4 Å². The quantitative estimate of drug-likeness (QED) is 0.334. The van der Waals surface area contributed by atoms with Crippen LogP contribution in [-0.4, -0.2) is 25.7 Å². The maximum Gasteiger partial charge on any atom is 0.311 e. The van der Waals surface area contributed by atoms with Gasteiger partial charge in [-0.15, -0.1) is 0 Å². The molecule has 6 nitrogen and oxygen atoms in total. The van der Waals surface area contributed by atoms with E-state index in [0.717, 1.165) is 5.56 Å². The van der Waals surface area contributed by atoms with Crippen LogP contribution in [0.3, 0.4) is 0 Å². The maximum atomic E-state index is 10.9. The monoisotopic (exact) mass is 307 g/mol. The van der Waals surface area contributed by atoms with Crippen molar-refractivity contribution in [2.24, 2.45) is 0 Å². The van der Waals surface area contributed by atoms with E-state index in [0.29, 0.717) is 6.42 Å². The number of benzene rings is 1. The zero-order valence-electron chi connectivity index (χ0n) is 10.3. The van der Waals surface area contributed by atoms with Gasteiger partial charge in [0.1, 0.15) is 0 Å². The minimum absolute atomic E-state index is 0.0538. The average Bonchev–Trinajstić information content (AvgIpc) is 2.33. The van der Waals surface area contributed by atoms with Gasteiger partial charge >= 0.3 is 5.69 Å². The molecule has 0 unspecified atom stereocenters. The van der Waals surface area contributed by atoms with Crippen LogP contribution in [0.25, 0.3) is 0 Å². The van der Waals surface area contributed by atoms with E-state index in [1.54, 1.807) is 6.07 Å². The fourth-order valence-electron chi connectivity index (χ4n) is 1.46. The summed E-state index contributed by atoms with van der Waals surface area (Å²) in [5.74, 6) is -0.0933. The molecular formula is C11H14ClNO5S. The Kier molecular flexibility index (Phi) is 5.56. The molecule has 1 aromatic rings. The molecule has 0 radical (unpaired) electrons. The Morgan fingerprint density at radius 2 is 2.11 bits per heavy atom. The van der Waals surface area contributed by atoms with Crippen molar-refractivity contribution in [3.05, 3.63) is 33.9 Å². The summed E-state index contributed by atoms with van der Waals surface area (Å²) < 4.78 is 26.6. The first-order valence-corrected chi connectivity index (χ1v) is 8.14. The van der Waals surface area contributed by atoms with Crippen LogP contribution in [0, 0.1) is 10.1 Å². The largest absolute Gasteiger partial charge is 0.487 e. The van der Waals surface area contributed by atoms with Gasteiger partial charge in [0, 0.05) is 16.7 Å². The number of aryl methyl sites for hydroxylation is 1.